The number of likely N-dealkylation sites (N-methyl/N-ethyl adjacent to an activating group) is 1. The highest BCUT2D eigenvalue weighted by Crippen LogP contribution is 2.37. The molecule has 0 radical (unpaired) electrons. The van der Waals surface area contributed by atoms with Crippen LogP contribution in [-0.2, 0) is 4.79 Å². The van der Waals surface area contributed by atoms with Crippen molar-refractivity contribution in [2.45, 2.75) is 13.8 Å². The van der Waals surface area contributed by atoms with Crippen LogP contribution in [-0.4, -0.2) is 38.7 Å². The third-order valence-electron chi connectivity index (χ3n) is 3.15. The molecule has 22 heavy (non-hydrogen) atoms. The van der Waals surface area contributed by atoms with Crippen LogP contribution in [0.25, 0.3) is 0 Å². The fraction of sp³-hybridized carbons (Fsp3) is 0.500. The summed E-state index contributed by atoms with van der Waals surface area (Å²) in [6, 6.07) is 3.15. The van der Waals surface area contributed by atoms with Gasteiger partial charge < -0.3 is 27.4 Å². The Morgan fingerprint density at radius 1 is 1.18 bits per heavy atom. The summed E-state index contributed by atoms with van der Waals surface area (Å²) in [6.45, 7) is 7.66. The van der Waals surface area contributed by atoms with Gasteiger partial charge in [0.2, 0.25) is 0 Å². The van der Waals surface area contributed by atoms with E-state index in [1.54, 1.807) is 12.1 Å². The van der Waals surface area contributed by atoms with E-state index in [0.717, 1.165) is 19.6 Å². The molecule has 1 amide bonds. The molecule has 0 bridgehead atoms. The van der Waals surface area contributed by atoms with E-state index >= 15 is 0 Å². The fourth-order valence-electron chi connectivity index (χ4n) is 1.81. The predicted molar refractivity (Wildman–Crippen MR) is 86.9 cm³/mol. The number of hydrogen-bond acceptors (Lipinski definition) is 2. The Bertz CT molecular complexity index is 482. The Morgan fingerprint density at radius 2 is 1.77 bits per heavy atom. The monoisotopic (exact) mass is 388 g/mol. The average molecular weight is 390 g/mol. The molecular formula is C14H20Cl4N2O2. The van der Waals surface area contributed by atoms with Gasteiger partial charge in [-0.05, 0) is 26.0 Å². The van der Waals surface area contributed by atoms with E-state index < -0.39 is 0 Å². The second-order valence-electron chi connectivity index (χ2n) is 4.52. The summed E-state index contributed by atoms with van der Waals surface area (Å²) < 4.78 is 5.35. The van der Waals surface area contributed by atoms with E-state index in [4.69, 9.17) is 39.5 Å². The van der Waals surface area contributed by atoms with Gasteiger partial charge in [0.05, 0.1) is 36.2 Å². The Kier molecular flexibility index (Phi) is 11.0. The molecule has 0 aromatic heterocycles. The first kappa shape index (κ1) is 21.6. The fourth-order valence-corrected chi connectivity index (χ4v) is 2.44. The molecule has 0 aliphatic rings. The van der Waals surface area contributed by atoms with Crippen LogP contribution in [0.3, 0.4) is 0 Å². The van der Waals surface area contributed by atoms with E-state index in [1.807, 2.05) is 0 Å². The first-order valence-corrected chi connectivity index (χ1v) is 7.99. The maximum absolute atomic E-state index is 11.7. The summed E-state index contributed by atoms with van der Waals surface area (Å²) >= 11 is 17.8. The standard InChI is InChI=1S/C14H19Cl3N2O2.ClH/c1-3-19(4-2)8-7-18-12(20)9-21-14-11(16)6-5-10(15)13(14)17;/h5-6H,3-4,7-9H2,1-2H3,(H,18,20);1H. The number of ether oxygens (including phenoxy) is 1. The molecule has 1 rings (SSSR count). The van der Waals surface area contributed by atoms with Crippen molar-refractivity contribution < 1.29 is 26.8 Å². The Balaban J connectivity index is 0.00000441. The molecule has 0 aliphatic carbocycles. The number of carbonyl (C=O) groups is 1. The Morgan fingerprint density at radius 3 is 2.36 bits per heavy atom. The van der Waals surface area contributed by atoms with Crippen LogP contribution in [0.2, 0.25) is 15.1 Å². The molecule has 1 aromatic rings. The molecule has 0 unspecified atom stereocenters. The first-order valence-electron chi connectivity index (χ1n) is 6.86. The minimum Gasteiger partial charge on any atom is -1.00 e. The van der Waals surface area contributed by atoms with E-state index in [2.05, 4.69) is 19.2 Å². The van der Waals surface area contributed by atoms with Crippen LogP contribution in [0, 0.1) is 0 Å². The molecule has 0 spiro atoms. The number of halogens is 4. The number of benzene rings is 1. The van der Waals surface area contributed by atoms with E-state index in [-0.39, 0.29) is 35.7 Å². The van der Waals surface area contributed by atoms with Gasteiger partial charge in [0.15, 0.2) is 12.4 Å². The van der Waals surface area contributed by atoms with Gasteiger partial charge in [-0.3, -0.25) is 4.79 Å². The summed E-state index contributed by atoms with van der Waals surface area (Å²) in [5, 5.41) is 3.67. The van der Waals surface area contributed by atoms with E-state index in [1.165, 1.54) is 4.90 Å². The molecule has 4 nitrogen and oxygen atoms in total. The maximum atomic E-state index is 11.7. The second kappa shape index (κ2) is 11.2. The molecule has 0 fully saturated rings. The lowest BCUT2D eigenvalue weighted by Gasteiger charge is -2.15. The zero-order valence-electron chi connectivity index (χ0n) is 12.5. The third kappa shape index (κ3) is 6.80. The molecule has 0 aliphatic heterocycles. The zero-order chi connectivity index (χ0) is 15.8. The Labute approximate surface area is 152 Å². The number of rotatable bonds is 8. The third-order valence-corrected chi connectivity index (χ3v) is 4.23. The number of amides is 1. The molecular weight excluding hydrogens is 370 g/mol. The van der Waals surface area contributed by atoms with Crippen molar-refractivity contribution in [1.29, 1.82) is 0 Å². The number of carbonyl (C=O) groups excluding carboxylic acids is 1. The van der Waals surface area contributed by atoms with Crippen LogP contribution in [0.4, 0.5) is 0 Å². The van der Waals surface area contributed by atoms with Crippen LogP contribution >= 0.6 is 34.8 Å². The van der Waals surface area contributed by atoms with Gasteiger partial charge in [-0.15, -0.1) is 0 Å². The lowest BCUT2D eigenvalue weighted by Crippen LogP contribution is -3.12. The molecule has 0 heterocycles. The minimum absolute atomic E-state index is 0. The van der Waals surface area contributed by atoms with Crippen LogP contribution in [0.15, 0.2) is 12.1 Å². The van der Waals surface area contributed by atoms with Crippen molar-refractivity contribution in [3.05, 3.63) is 27.2 Å². The van der Waals surface area contributed by atoms with Gasteiger partial charge >= 0.3 is 0 Å². The van der Waals surface area contributed by atoms with Crippen LogP contribution in [0.5, 0.6) is 5.75 Å². The van der Waals surface area contributed by atoms with Crippen molar-refractivity contribution in [2.24, 2.45) is 0 Å². The van der Waals surface area contributed by atoms with Gasteiger partial charge in [0.1, 0.15) is 5.02 Å². The quantitative estimate of drug-likeness (QED) is 0.564. The topological polar surface area (TPSA) is 42.8 Å². The zero-order valence-corrected chi connectivity index (χ0v) is 15.5. The molecule has 0 saturated carbocycles. The molecule has 8 heteroatoms. The van der Waals surface area contributed by atoms with Gasteiger partial charge in [-0.1, -0.05) is 34.8 Å². The summed E-state index contributed by atoms with van der Waals surface area (Å²) in [5.74, 6) is 0.0176. The smallest absolute Gasteiger partial charge is 0.258 e. The number of hydrogen-bond donors (Lipinski definition) is 2. The second-order valence-corrected chi connectivity index (χ2v) is 5.71. The molecule has 0 atom stereocenters. The molecule has 0 saturated heterocycles. The lowest BCUT2D eigenvalue weighted by atomic mass is 10.3. The summed E-state index contributed by atoms with van der Waals surface area (Å²) in [7, 11) is 0. The highest BCUT2D eigenvalue weighted by molar-refractivity contribution is 6.44. The minimum atomic E-state index is -0.214. The Hall–Kier alpha value is -0.390. The highest BCUT2D eigenvalue weighted by atomic mass is 35.5. The van der Waals surface area contributed by atoms with Gasteiger partial charge in [0, 0.05) is 0 Å². The van der Waals surface area contributed by atoms with E-state index in [0.29, 0.717) is 16.6 Å². The molecule has 1 aromatic carbocycles. The molecule has 126 valence electrons. The summed E-state index contributed by atoms with van der Waals surface area (Å²) in [4.78, 5) is 13.1. The SMILES string of the molecule is CC[NH+](CC)CCNC(=O)COc1c(Cl)ccc(Cl)c1Cl.[Cl-]. The van der Waals surface area contributed by atoms with Crippen molar-refractivity contribution in [3.63, 3.8) is 0 Å². The van der Waals surface area contributed by atoms with Crippen LogP contribution in [0.1, 0.15) is 13.8 Å². The highest BCUT2D eigenvalue weighted by Gasteiger charge is 2.13. The van der Waals surface area contributed by atoms with Crippen LogP contribution < -0.4 is 27.4 Å². The average Bonchev–Trinajstić information content (AvgIpc) is 2.47. The van der Waals surface area contributed by atoms with Crippen molar-refractivity contribution in [2.75, 3.05) is 32.8 Å². The van der Waals surface area contributed by atoms with Crippen molar-refractivity contribution >= 4 is 40.7 Å². The molecule has 2 N–H and O–H groups in total. The number of quaternary nitrogens is 1. The predicted octanol–water partition coefficient (Wildman–Crippen LogP) is -0.929. The first-order chi connectivity index (χ1) is 9.99. The largest absolute Gasteiger partial charge is 1.00 e. The van der Waals surface area contributed by atoms with Gasteiger partial charge in [0.25, 0.3) is 5.91 Å². The van der Waals surface area contributed by atoms with Gasteiger partial charge in [-0.25, -0.2) is 0 Å². The van der Waals surface area contributed by atoms with Crippen molar-refractivity contribution in [1.82, 2.24) is 5.32 Å². The van der Waals surface area contributed by atoms with Crippen molar-refractivity contribution in [3.8, 4) is 5.75 Å². The summed E-state index contributed by atoms with van der Waals surface area (Å²) in [5.41, 5.74) is 0. The maximum Gasteiger partial charge on any atom is 0.258 e. The van der Waals surface area contributed by atoms with E-state index in [9.17, 15) is 4.79 Å². The van der Waals surface area contributed by atoms with Gasteiger partial charge in [-0.2, -0.15) is 0 Å². The number of nitrogens with one attached hydrogen (secondary N) is 2. The lowest BCUT2D eigenvalue weighted by molar-refractivity contribution is -0.895. The summed E-state index contributed by atoms with van der Waals surface area (Å²) in [6.07, 6.45) is 0. The normalized spacial score (nSPS) is 10.3.